The summed E-state index contributed by atoms with van der Waals surface area (Å²) in [5.41, 5.74) is 0.840. The Morgan fingerprint density at radius 3 is 2.81 bits per heavy atom. The summed E-state index contributed by atoms with van der Waals surface area (Å²) in [7, 11) is 1.56. The lowest BCUT2D eigenvalue weighted by atomic mass is 10.2. The maximum atomic E-state index is 12.9. The fraction of sp³-hybridized carbons (Fsp3) is 0.263. The summed E-state index contributed by atoms with van der Waals surface area (Å²) in [6.45, 7) is 1.12. The van der Waals surface area contributed by atoms with Crippen LogP contribution in [0.5, 0.6) is 5.75 Å². The van der Waals surface area contributed by atoms with Crippen LogP contribution in [0.15, 0.2) is 47.3 Å². The predicted octanol–water partition coefficient (Wildman–Crippen LogP) is 2.62. The van der Waals surface area contributed by atoms with Crippen LogP contribution in [0.2, 0.25) is 5.02 Å². The molecule has 3 aromatic rings. The number of ether oxygens (including phenoxy) is 1. The van der Waals surface area contributed by atoms with Crippen LogP contribution in [0.3, 0.4) is 0 Å². The van der Waals surface area contributed by atoms with Crippen molar-refractivity contribution in [3.63, 3.8) is 0 Å². The van der Waals surface area contributed by atoms with Crippen molar-refractivity contribution >= 4 is 28.3 Å². The second-order valence-corrected chi connectivity index (χ2v) is 6.71. The van der Waals surface area contributed by atoms with Crippen LogP contribution < -0.4 is 15.3 Å². The third-order valence-corrected chi connectivity index (χ3v) is 4.86. The van der Waals surface area contributed by atoms with Crippen LogP contribution in [0.25, 0.3) is 16.6 Å². The van der Waals surface area contributed by atoms with E-state index in [4.69, 9.17) is 16.3 Å². The van der Waals surface area contributed by atoms with Crippen molar-refractivity contribution in [3.8, 4) is 11.4 Å². The van der Waals surface area contributed by atoms with Gasteiger partial charge < -0.3 is 14.7 Å². The van der Waals surface area contributed by atoms with Gasteiger partial charge in [0.15, 0.2) is 0 Å². The van der Waals surface area contributed by atoms with Crippen LogP contribution in [0.1, 0.15) is 6.42 Å². The third-order valence-electron chi connectivity index (χ3n) is 4.62. The lowest BCUT2D eigenvalue weighted by Gasteiger charge is -2.21. The van der Waals surface area contributed by atoms with Gasteiger partial charge in [-0.3, -0.25) is 4.57 Å². The lowest BCUT2D eigenvalue weighted by molar-refractivity contribution is 0.198. The number of nitrogens with zero attached hydrogens (tertiary/aromatic N) is 3. The highest BCUT2D eigenvalue weighted by Gasteiger charge is 2.25. The molecule has 0 radical (unpaired) electrons. The molecule has 2 aromatic carbocycles. The molecule has 2 heterocycles. The number of aliphatic hydroxyl groups is 1. The van der Waals surface area contributed by atoms with Gasteiger partial charge in [-0.25, -0.2) is 4.79 Å². The number of hydrogen-bond acceptors (Lipinski definition) is 5. The van der Waals surface area contributed by atoms with E-state index in [2.05, 4.69) is 4.98 Å². The fourth-order valence-corrected chi connectivity index (χ4v) is 3.57. The van der Waals surface area contributed by atoms with E-state index in [0.29, 0.717) is 47.3 Å². The highest BCUT2D eigenvalue weighted by molar-refractivity contribution is 6.31. The van der Waals surface area contributed by atoms with E-state index in [0.717, 1.165) is 5.39 Å². The Bertz CT molecular complexity index is 1030. The number of benzene rings is 2. The standard InChI is InChI=1S/C19H18ClN3O3/c1-26-17-5-3-2-4-15(17)23-16-10-12(20)6-7-14(16)18(21-19(23)25)22-9-8-13(24)11-22/h2-7,10,13,24H,8-9,11H2,1H3/t13-/m1/s1. The van der Waals surface area contributed by atoms with Gasteiger partial charge in [-0.2, -0.15) is 4.98 Å². The van der Waals surface area contributed by atoms with Crippen LogP contribution >= 0.6 is 11.6 Å². The molecule has 0 bridgehead atoms. The zero-order valence-corrected chi connectivity index (χ0v) is 15.0. The summed E-state index contributed by atoms with van der Waals surface area (Å²) >= 11 is 6.22. The molecule has 7 heteroatoms. The highest BCUT2D eigenvalue weighted by Crippen LogP contribution is 2.31. The van der Waals surface area contributed by atoms with Gasteiger partial charge in [-0.15, -0.1) is 0 Å². The molecule has 0 amide bonds. The van der Waals surface area contributed by atoms with Crippen molar-refractivity contribution in [2.75, 3.05) is 25.1 Å². The summed E-state index contributed by atoms with van der Waals surface area (Å²) in [5.74, 6) is 1.14. The number of aliphatic hydroxyl groups excluding tert-OH is 1. The van der Waals surface area contributed by atoms with E-state index < -0.39 is 11.8 Å². The van der Waals surface area contributed by atoms with Gasteiger partial charge in [0.1, 0.15) is 11.6 Å². The Hall–Kier alpha value is -2.57. The molecule has 6 nitrogen and oxygen atoms in total. The smallest absolute Gasteiger partial charge is 0.354 e. The number of hydrogen-bond donors (Lipinski definition) is 1. The number of fused-ring (bicyclic) bond motifs is 1. The van der Waals surface area contributed by atoms with E-state index in [-0.39, 0.29) is 0 Å². The normalized spacial score (nSPS) is 17.0. The average molecular weight is 372 g/mol. The summed E-state index contributed by atoms with van der Waals surface area (Å²) < 4.78 is 6.92. The highest BCUT2D eigenvalue weighted by atomic mass is 35.5. The summed E-state index contributed by atoms with van der Waals surface area (Å²) in [6, 6.07) is 12.7. The Balaban J connectivity index is 2.02. The third kappa shape index (κ3) is 2.81. The number of para-hydroxylation sites is 2. The molecule has 0 saturated carbocycles. The molecule has 1 aliphatic heterocycles. The maximum absolute atomic E-state index is 12.9. The minimum Gasteiger partial charge on any atom is -0.495 e. The molecule has 0 unspecified atom stereocenters. The van der Waals surface area contributed by atoms with Crippen LogP contribution in [-0.4, -0.2) is 41.0 Å². The lowest BCUT2D eigenvalue weighted by Crippen LogP contribution is -2.29. The second-order valence-electron chi connectivity index (χ2n) is 6.28. The van der Waals surface area contributed by atoms with Gasteiger partial charge in [0, 0.05) is 23.5 Å². The minimum atomic E-state index is -0.416. The van der Waals surface area contributed by atoms with Crippen molar-refractivity contribution < 1.29 is 9.84 Å². The number of anilines is 1. The molecular formula is C19H18ClN3O3. The first-order valence-electron chi connectivity index (χ1n) is 8.37. The van der Waals surface area contributed by atoms with E-state index in [1.54, 1.807) is 25.3 Å². The minimum absolute atomic E-state index is 0.407. The quantitative estimate of drug-likeness (QED) is 0.766. The van der Waals surface area contributed by atoms with Gasteiger partial charge in [0.2, 0.25) is 0 Å². The number of aromatic nitrogens is 2. The van der Waals surface area contributed by atoms with Crippen LogP contribution in [0, 0.1) is 0 Å². The molecule has 1 aliphatic rings. The Morgan fingerprint density at radius 1 is 1.27 bits per heavy atom. The Labute approximate surface area is 155 Å². The molecule has 1 atom stereocenters. The van der Waals surface area contributed by atoms with Gasteiger partial charge >= 0.3 is 5.69 Å². The van der Waals surface area contributed by atoms with E-state index >= 15 is 0 Å². The van der Waals surface area contributed by atoms with Crippen molar-refractivity contribution in [2.24, 2.45) is 0 Å². The molecule has 1 N–H and O–H groups in total. The second kappa shape index (κ2) is 6.63. The van der Waals surface area contributed by atoms with Gasteiger partial charge in [-0.05, 0) is 36.8 Å². The largest absolute Gasteiger partial charge is 0.495 e. The van der Waals surface area contributed by atoms with Crippen molar-refractivity contribution in [1.82, 2.24) is 9.55 Å². The first-order valence-corrected chi connectivity index (χ1v) is 8.75. The number of methoxy groups -OCH3 is 1. The Kier molecular flexibility index (Phi) is 4.30. The van der Waals surface area contributed by atoms with Gasteiger partial charge in [0.05, 0.1) is 24.4 Å². The summed E-state index contributed by atoms with van der Waals surface area (Å²) in [4.78, 5) is 19.2. The van der Waals surface area contributed by atoms with Crippen LogP contribution in [-0.2, 0) is 0 Å². The van der Waals surface area contributed by atoms with E-state index in [9.17, 15) is 9.90 Å². The number of rotatable bonds is 3. The first kappa shape index (κ1) is 16.9. The van der Waals surface area contributed by atoms with Gasteiger partial charge in [0.25, 0.3) is 0 Å². The van der Waals surface area contributed by atoms with Crippen molar-refractivity contribution in [2.45, 2.75) is 12.5 Å². The molecule has 0 aliphatic carbocycles. The molecule has 134 valence electrons. The Morgan fingerprint density at radius 2 is 2.08 bits per heavy atom. The molecule has 4 rings (SSSR count). The molecule has 1 fully saturated rings. The fourth-order valence-electron chi connectivity index (χ4n) is 3.41. The maximum Gasteiger partial charge on any atom is 0.354 e. The van der Waals surface area contributed by atoms with Gasteiger partial charge in [-0.1, -0.05) is 23.7 Å². The predicted molar refractivity (Wildman–Crippen MR) is 102 cm³/mol. The number of β-amino-alcohol motifs (C(OH)–C–C–N with tert-alkyl or cyclic N) is 1. The molecular weight excluding hydrogens is 354 g/mol. The van der Waals surface area contributed by atoms with Crippen molar-refractivity contribution in [3.05, 3.63) is 58.0 Å². The zero-order valence-electron chi connectivity index (χ0n) is 14.2. The van der Waals surface area contributed by atoms with E-state index in [1.165, 1.54) is 4.57 Å². The monoisotopic (exact) mass is 371 g/mol. The van der Waals surface area contributed by atoms with Crippen molar-refractivity contribution in [1.29, 1.82) is 0 Å². The first-order chi connectivity index (χ1) is 12.6. The summed E-state index contributed by atoms with van der Waals surface area (Å²) in [6.07, 6.45) is 0.252. The SMILES string of the molecule is COc1ccccc1-n1c(=O)nc(N2CC[C@@H](O)C2)c2ccc(Cl)cc21. The number of halogens is 1. The zero-order chi connectivity index (χ0) is 18.3. The molecule has 26 heavy (non-hydrogen) atoms. The average Bonchev–Trinajstić information content (AvgIpc) is 3.07. The summed E-state index contributed by atoms with van der Waals surface area (Å²) in [5, 5.41) is 11.2. The topological polar surface area (TPSA) is 67.6 Å². The van der Waals surface area contributed by atoms with Crippen LogP contribution in [0.4, 0.5) is 5.82 Å². The molecule has 0 spiro atoms. The molecule has 1 aromatic heterocycles. The van der Waals surface area contributed by atoms with E-state index in [1.807, 2.05) is 29.2 Å². The molecule has 1 saturated heterocycles.